The van der Waals surface area contributed by atoms with E-state index < -0.39 is 12.1 Å². The highest BCUT2D eigenvalue weighted by Gasteiger charge is 2.24. The first-order valence-electron chi connectivity index (χ1n) is 11.7. The molecule has 0 aromatic heterocycles. The second kappa shape index (κ2) is 12.9. The summed E-state index contributed by atoms with van der Waals surface area (Å²) in [4.78, 5) is 27.3. The van der Waals surface area contributed by atoms with Crippen molar-refractivity contribution < 1.29 is 19.4 Å². The lowest BCUT2D eigenvalue weighted by atomic mass is 10.0. The molecule has 2 atom stereocenters. The van der Waals surface area contributed by atoms with Gasteiger partial charge in [-0.05, 0) is 62.2 Å². The molecule has 6 heteroatoms. The molecular formula is C27H34N2O4. The van der Waals surface area contributed by atoms with Crippen LogP contribution in [-0.2, 0) is 4.79 Å². The van der Waals surface area contributed by atoms with Crippen LogP contribution in [0.4, 0.5) is 0 Å². The SMILES string of the molecule is COc1ccc(C(=O)CCCC(=O)N[C@H](CN2CCCC2)[C@H](O)/C=C/c2ccccc2)cc1. The van der Waals surface area contributed by atoms with Gasteiger partial charge < -0.3 is 20.1 Å². The Morgan fingerprint density at radius 3 is 2.42 bits per heavy atom. The largest absolute Gasteiger partial charge is 0.497 e. The predicted octanol–water partition coefficient (Wildman–Crippen LogP) is 3.70. The Bertz CT molecular complexity index is 905. The van der Waals surface area contributed by atoms with Gasteiger partial charge in [-0.1, -0.05) is 42.5 Å². The maximum absolute atomic E-state index is 12.6. The first-order chi connectivity index (χ1) is 16.0. The van der Waals surface area contributed by atoms with Gasteiger partial charge >= 0.3 is 0 Å². The molecule has 0 unspecified atom stereocenters. The summed E-state index contributed by atoms with van der Waals surface area (Å²) >= 11 is 0. The zero-order chi connectivity index (χ0) is 23.5. The average molecular weight is 451 g/mol. The number of aliphatic hydroxyl groups excluding tert-OH is 1. The molecule has 2 aromatic carbocycles. The third kappa shape index (κ3) is 8.15. The Hall–Kier alpha value is -2.96. The molecule has 1 aliphatic heterocycles. The number of benzene rings is 2. The number of hydrogen-bond donors (Lipinski definition) is 2. The molecule has 0 radical (unpaired) electrons. The van der Waals surface area contributed by atoms with Crippen molar-refractivity contribution >= 4 is 17.8 Å². The fourth-order valence-electron chi connectivity index (χ4n) is 4.00. The van der Waals surface area contributed by atoms with Gasteiger partial charge in [0.2, 0.25) is 5.91 Å². The molecule has 6 nitrogen and oxygen atoms in total. The van der Waals surface area contributed by atoms with E-state index >= 15 is 0 Å². The zero-order valence-electron chi connectivity index (χ0n) is 19.3. The predicted molar refractivity (Wildman–Crippen MR) is 130 cm³/mol. The van der Waals surface area contributed by atoms with E-state index in [1.165, 1.54) is 0 Å². The average Bonchev–Trinajstić information content (AvgIpc) is 3.36. The number of nitrogens with zero attached hydrogens (tertiary/aromatic N) is 1. The Kier molecular flexibility index (Phi) is 9.66. The van der Waals surface area contributed by atoms with Crippen LogP contribution in [0.25, 0.3) is 6.08 Å². The first kappa shape index (κ1) is 24.7. The summed E-state index contributed by atoms with van der Waals surface area (Å²) < 4.78 is 5.11. The van der Waals surface area contributed by atoms with E-state index in [1.807, 2.05) is 36.4 Å². The number of carbonyl (C=O) groups excluding carboxylic acids is 2. The minimum atomic E-state index is -0.796. The number of hydrogen-bond acceptors (Lipinski definition) is 5. The van der Waals surface area contributed by atoms with Gasteiger partial charge in [0.15, 0.2) is 5.78 Å². The molecule has 33 heavy (non-hydrogen) atoms. The highest BCUT2D eigenvalue weighted by atomic mass is 16.5. The van der Waals surface area contributed by atoms with Gasteiger partial charge in [-0.2, -0.15) is 0 Å². The molecule has 0 bridgehead atoms. The summed E-state index contributed by atoms with van der Waals surface area (Å²) in [5, 5.41) is 13.8. The zero-order valence-corrected chi connectivity index (χ0v) is 19.3. The Balaban J connectivity index is 1.51. The monoisotopic (exact) mass is 450 g/mol. The minimum absolute atomic E-state index is 0.00454. The summed E-state index contributed by atoms with van der Waals surface area (Å²) in [5.41, 5.74) is 1.62. The number of aliphatic hydroxyl groups is 1. The second-order valence-electron chi connectivity index (χ2n) is 8.45. The first-order valence-corrected chi connectivity index (χ1v) is 11.7. The lowest BCUT2D eigenvalue weighted by Gasteiger charge is -2.27. The summed E-state index contributed by atoms with van der Waals surface area (Å²) in [6.45, 7) is 2.58. The molecule has 3 rings (SSSR count). The minimum Gasteiger partial charge on any atom is -0.497 e. The van der Waals surface area contributed by atoms with Crippen LogP contribution in [0, 0.1) is 0 Å². The molecule has 1 fully saturated rings. The summed E-state index contributed by atoms with van der Waals surface area (Å²) in [7, 11) is 1.58. The smallest absolute Gasteiger partial charge is 0.220 e. The van der Waals surface area contributed by atoms with E-state index in [0.29, 0.717) is 30.7 Å². The lowest BCUT2D eigenvalue weighted by Crippen LogP contribution is -2.49. The Morgan fingerprint density at radius 2 is 1.76 bits per heavy atom. The molecule has 0 spiro atoms. The Morgan fingerprint density at radius 1 is 1.06 bits per heavy atom. The van der Waals surface area contributed by atoms with Crippen molar-refractivity contribution in [1.82, 2.24) is 10.2 Å². The third-order valence-electron chi connectivity index (χ3n) is 5.92. The summed E-state index contributed by atoms with van der Waals surface area (Å²) in [6, 6.07) is 16.4. The van der Waals surface area contributed by atoms with Crippen LogP contribution >= 0.6 is 0 Å². The number of carbonyl (C=O) groups is 2. The summed E-state index contributed by atoms with van der Waals surface area (Å²) in [5.74, 6) is 0.564. The van der Waals surface area contributed by atoms with Crippen LogP contribution < -0.4 is 10.1 Å². The van der Waals surface area contributed by atoms with Gasteiger partial charge in [-0.3, -0.25) is 9.59 Å². The molecule has 2 N–H and O–H groups in total. The quantitative estimate of drug-likeness (QED) is 0.482. The molecule has 2 aromatic rings. The van der Waals surface area contributed by atoms with Crippen molar-refractivity contribution in [2.45, 2.75) is 44.2 Å². The fourth-order valence-corrected chi connectivity index (χ4v) is 4.00. The molecule has 1 aliphatic rings. The summed E-state index contributed by atoms with van der Waals surface area (Å²) in [6.07, 6.45) is 6.11. The van der Waals surface area contributed by atoms with Crippen LogP contribution in [0.1, 0.15) is 48.0 Å². The van der Waals surface area contributed by atoms with E-state index in [1.54, 1.807) is 37.5 Å². The van der Waals surface area contributed by atoms with Gasteiger partial charge in [0, 0.05) is 24.9 Å². The number of likely N-dealkylation sites (tertiary alicyclic amines) is 1. The standard InChI is InChI=1S/C27H34N2O4/c1-33-23-15-13-22(14-16-23)25(30)10-7-11-27(32)28-24(20-29-18-5-6-19-29)26(31)17-12-21-8-3-2-4-9-21/h2-4,8-9,12-17,24,26,31H,5-7,10-11,18-20H2,1H3,(H,28,32)/b17-12+/t24-,26-/m1/s1. The van der Waals surface area contributed by atoms with Gasteiger partial charge in [0.05, 0.1) is 19.3 Å². The van der Waals surface area contributed by atoms with E-state index in [2.05, 4.69) is 10.2 Å². The van der Waals surface area contributed by atoms with Crippen molar-refractivity contribution in [2.75, 3.05) is 26.7 Å². The maximum Gasteiger partial charge on any atom is 0.220 e. The van der Waals surface area contributed by atoms with Gasteiger partial charge in [-0.15, -0.1) is 0 Å². The highest BCUT2D eigenvalue weighted by Crippen LogP contribution is 2.15. The Labute approximate surface area is 196 Å². The number of methoxy groups -OCH3 is 1. The molecule has 1 heterocycles. The fraction of sp³-hybridized carbons (Fsp3) is 0.407. The van der Waals surface area contributed by atoms with E-state index in [0.717, 1.165) is 31.5 Å². The number of amides is 1. The van der Waals surface area contributed by atoms with E-state index in [4.69, 9.17) is 4.74 Å². The molecule has 1 saturated heterocycles. The number of ether oxygens (including phenoxy) is 1. The van der Waals surface area contributed by atoms with Crippen LogP contribution in [0.2, 0.25) is 0 Å². The van der Waals surface area contributed by atoms with Crippen LogP contribution in [0.3, 0.4) is 0 Å². The molecule has 176 valence electrons. The van der Waals surface area contributed by atoms with Crippen LogP contribution in [0.5, 0.6) is 5.75 Å². The van der Waals surface area contributed by atoms with Crippen molar-refractivity contribution in [3.05, 3.63) is 71.8 Å². The number of ketones is 1. The number of rotatable bonds is 12. The molecule has 0 aliphatic carbocycles. The molecule has 0 saturated carbocycles. The normalized spacial score (nSPS) is 15.9. The lowest BCUT2D eigenvalue weighted by molar-refractivity contribution is -0.122. The number of Topliss-reactive ketones (excluding diaryl/α,β-unsaturated/α-hetero) is 1. The molecular weight excluding hydrogens is 416 g/mol. The van der Waals surface area contributed by atoms with Crippen LogP contribution in [0.15, 0.2) is 60.7 Å². The van der Waals surface area contributed by atoms with Gasteiger partial charge in [-0.25, -0.2) is 0 Å². The van der Waals surface area contributed by atoms with Crippen molar-refractivity contribution in [1.29, 1.82) is 0 Å². The third-order valence-corrected chi connectivity index (χ3v) is 5.92. The molecule has 1 amide bonds. The van der Waals surface area contributed by atoms with E-state index in [-0.39, 0.29) is 18.1 Å². The topological polar surface area (TPSA) is 78.9 Å². The number of nitrogens with one attached hydrogen (secondary N) is 1. The highest BCUT2D eigenvalue weighted by molar-refractivity contribution is 5.96. The second-order valence-corrected chi connectivity index (χ2v) is 8.45. The maximum atomic E-state index is 12.6. The van der Waals surface area contributed by atoms with Crippen LogP contribution in [-0.4, -0.2) is 60.6 Å². The van der Waals surface area contributed by atoms with Crippen molar-refractivity contribution in [3.63, 3.8) is 0 Å². The van der Waals surface area contributed by atoms with E-state index in [9.17, 15) is 14.7 Å². The van der Waals surface area contributed by atoms with Gasteiger partial charge in [0.1, 0.15) is 5.75 Å². The van der Waals surface area contributed by atoms with Gasteiger partial charge in [0.25, 0.3) is 0 Å². The van der Waals surface area contributed by atoms with Crippen molar-refractivity contribution in [3.8, 4) is 5.75 Å². The van der Waals surface area contributed by atoms with Crippen molar-refractivity contribution in [2.24, 2.45) is 0 Å².